The van der Waals surface area contributed by atoms with Crippen LogP contribution < -0.4 is 14.4 Å². The Bertz CT molecular complexity index is 997. The second-order valence-electron chi connectivity index (χ2n) is 6.53. The molecule has 0 N–H and O–H groups in total. The fourth-order valence-electron chi connectivity index (χ4n) is 3.31. The Balaban J connectivity index is 1.46. The van der Waals surface area contributed by atoms with E-state index < -0.39 is 5.92 Å². The first-order valence-corrected chi connectivity index (χ1v) is 8.79. The van der Waals surface area contributed by atoms with E-state index in [-0.39, 0.29) is 18.3 Å². The number of ether oxygens (including phenoxy) is 2. The van der Waals surface area contributed by atoms with Crippen LogP contribution in [0.2, 0.25) is 0 Å². The Labute approximate surface area is 157 Å². The number of carbonyl (C=O) groups is 2. The second kappa shape index (κ2) is 7.11. The summed E-state index contributed by atoms with van der Waals surface area (Å²) in [6.45, 7) is 0.317. The molecule has 1 aliphatic heterocycles. The van der Waals surface area contributed by atoms with Gasteiger partial charge in [0, 0.05) is 18.7 Å². The lowest BCUT2D eigenvalue weighted by Gasteiger charge is -2.17. The van der Waals surface area contributed by atoms with Crippen molar-refractivity contribution in [3.8, 4) is 11.5 Å². The molecule has 0 bridgehead atoms. The van der Waals surface area contributed by atoms with Crippen molar-refractivity contribution in [1.82, 2.24) is 0 Å². The molecule has 4 rings (SSSR count). The van der Waals surface area contributed by atoms with E-state index in [4.69, 9.17) is 9.47 Å². The van der Waals surface area contributed by atoms with Crippen molar-refractivity contribution in [2.45, 2.75) is 6.42 Å². The fourth-order valence-corrected chi connectivity index (χ4v) is 3.31. The second-order valence-corrected chi connectivity index (χ2v) is 6.53. The summed E-state index contributed by atoms with van der Waals surface area (Å²) in [5.74, 6) is 0.271. The number of hydrogen-bond donors (Lipinski definition) is 0. The molecule has 136 valence electrons. The van der Waals surface area contributed by atoms with Crippen molar-refractivity contribution in [3.63, 3.8) is 0 Å². The highest BCUT2D eigenvalue weighted by atomic mass is 16.5. The van der Waals surface area contributed by atoms with Gasteiger partial charge in [-0.15, -0.1) is 0 Å². The number of esters is 1. The van der Waals surface area contributed by atoms with E-state index in [1.54, 1.807) is 30.2 Å². The molecule has 1 saturated heterocycles. The molecule has 1 fully saturated rings. The maximum absolute atomic E-state index is 12.6. The van der Waals surface area contributed by atoms with Gasteiger partial charge in [-0.05, 0) is 47.2 Å². The molecule has 3 aromatic rings. The minimum atomic E-state index is -0.480. The van der Waals surface area contributed by atoms with Gasteiger partial charge in [0.15, 0.2) is 0 Å². The smallest absolute Gasteiger partial charge is 0.316 e. The molecule has 0 radical (unpaired) electrons. The van der Waals surface area contributed by atoms with Crippen LogP contribution in [0.1, 0.15) is 6.42 Å². The summed E-state index contributed by atoms with van der Waals surface area (Å²) in [5, 5.41) is 2.09. The Hall–Kier alpha value is -3.34. The van der Waals surface area contributed by atoms with Crippen LogP contribution in [0.15, 0.2) is 66.7 Å². The van der Waals surface area contributed by atoms with Gasteiger partial charge in [0.1, 0.15) is 11.5 Å². The van der Waals surface area contributed by atoms with Crippen LogP contribution in [0.3, 0.4) is 0 Å². The van der Waals surface area contributed by atoms with E-state index in [9.17, 15) is 9.59 Å². The molecule has 1 aliphatic rings. The van der Waals surface area contributed by atoms with E-state index in [2.05, 4.69) is 0 Å². The van der Waals surface area contributed by atoms with Crippen LogP contribution in [-0.4, -0.2) is 25.5 Å². The number of rotatable bonds is 4. The SMILES string of the molecule is COc1ccc(N2C[C@H](C(=O)Oc3ccc4ccccc4c3)CC2=O)cc1. The third kappa shape index (κ3) is 3.49. The maximum atomic E-state index is 12.6. The third-order valence-corrected chi connectivity index (χ3v) is 4.78. The molecular formula is C22H19NO4. The average molecular weight is 361 g/mol. The van der Waals surface area contributed by atoms with Crippen LogP contribution in [0.25, 0.3) is 10.8 Å². The summed E-state index contributed by atoms with van der Waals surface area (Å²) >= 11 is 0. The fraction of sp³-hybridized carbons (Fsp3) is 0.182. The van der Waals surface area contributed by atoms with Crippen LogP contribution in [0.4, 0.5) is 5.69 Å². The van der Waals surface area contributed by atoms with Crippen LogP contribution >= 0.6 is 0 Å². The van der Waals surface area contributed by atoms with Gasteiger partial charge in [-0.2, -0.15) is 0 Å². The van der Waals surface area contributed by atoms with Gasteiger partial charge in [0.05, 0.1) is 13.0 Å². The van der Waals surface area contributed by atoms with Crippen LogP contribution in [-0.2, 0) is 9.59 Å². The molecule has 0 spiro atoms. The van der Waals surface area contributed by atoms with Gasteiger partial charge in [0.25, 0.3) is 0 Å². The van der Waals surface area contributed by atoms with Crippen molar-refractivity contribution in [3.05, 3.63) is 66.7 Å². The number of nitrogens with zero attached hydrogens (tertiary/aromatic N) is 1. The van der Waals surface area contributed by atoms with E-state index in [1.807, 2.05) is 48.5 Å². The minimum absolute atomic E-state index is 0.0828. The summed E-state index contributed by atoms with van der Waals surface area (Å²) in [4.78, 5) is 26.5. The molecule has 0 aliphatic carbocycles. The molecular weight excluding hydrogens is 342 g/mol. The van der Waals surface area contributed by atoms with Gasteiger partial charge < -0.3 is 14.4 Å². The van der Waals surface area contributed by atoms with Crippen molar-refractivity contribution in [1.29, 1.82) is 0 Å². The maximum Gasteiger partial charge on any atom is 0.316 e. The monoisotopic (exact) mass is 361 g/mol. The molecule has 1 amide bonds. The van der Waals surface area contributed by atoms with Crippen molar-refractivity contribution in [2.75, 3.05) is 18.6 Å². The number of carbonyl (C=O) groups excluding carboxylic acids is 2. The first kappa shape index (κ1) is 17.1. The lowest BCUT2D eigenvalue weighted by molar-refractivity contribution is -0.139. The summed E-state index contributed by atoms with van der Waals surface area (Å²) in [5.41, 5.74) is 0.752. The highest BCUT2D eigenvalue weighted by molar-refractivity contribution is 5.99. The van der Waals surface area contributed by atoms with Gasteiger partial charge in [-0.3, -0.25) is 9.59 Å². The normalized spacial score (nSPS) is 16.6. The quantitative estimate of drug-likeness (QED) is 0.524. The number of amides is 1. The topological polar surface area (TPSA) is 55.8 Å². The third-order valence-electron chi connectivity index (χ3n) is 4.78. The summed E-state index contributed by atoms with van der Waals surface area (Å²) in [6, 6.07) is 20.6. The Morgan fingerprint density at radius 2 is 1.67 bits per heavy atom. The number of anilines is 1. The van der Waals surface area contributed by atoms with Crippen molar-refractivity contribution >= 4 is 28.3 Å². The van der Waals surface area contributed by atoms with Crippen LogP contribution in [0, 0.1) is 5.92 Å². The van der Waals surface area contributed by atoms with E-state index >= 15 is 0 Å². The van der Waals surface area contributed by atoms with Crippen molar-refractivity contribution in [2.24, 2.45) is 5.92 Å². The summed E-state index contributed by atoms with van der Waals surface area (Å²) in [6.07, 6.45) is 0.151. The zero-order valence-electron chi connectivity index (χ0n) is 14.9. The number of methoxy groups -OCH3 is 1. The molecule has 0 aromatic heterocycles. The first-order chi connectivity index (χ1) is 13.1. The number of fused-ring (bicyclic) bond motifs is 1. The number of hydrogen-bond acceptors (Lipinski definition) is 4. The lowest BCUT2D eigenvalue weighted by atomic mass is 10.1. The van der Waals surface area contributed by atoms with Gasteiger partial charge >= 0.3 is 5.97 Å². The Morgan fingerprint density at radius 3 is 2.41 bits per heavy atom. The Morgan fingerprint density at radius 1 is 0.963 bits per heavy atom. The van der Waals surface area contributed by atoms with E-state index in [0.717, 1.165) is 22.2 Å². The van der Waals surface area contributed by atoms with Crippen molar-refractivity contribution < 1.29 is 19.1 Å². The molecule has 0 saturated carbocycles. The van der Waals surface area contributed by atoms with E-state index in [1.165, 1.54) is 0 Å². The molecule has 3 aromatic carbocycles. The standard InChI is InChI=1S/C22H19NO4/c1-26-19-10-7-18(8-11-19)23-14-17(13-21(23)24)22(25)27-20-9-6-15-4-2-3-5-16(15)12-20/h2-12,17H,13-14H2,1H3/t17-/m1/s1. The highest BCUT2D eigenvalue weighted by Gasteiger charge is 2.36. The van der Waals surface area contributed by atoms with E-state index in [0.29, 0.717) is 12.3 Å². The highest BCUT2D eigenvalue weighted by Crippen LogP contribution is 2.28. The Kier molecular flexibility index (Phi) is 4.50. The molecule has 5 heteroatoms. The van der Waals surface area contributed by atoms with Crippen LogP contribution in [0.5, 0.6) is 11.5 Å². The molecule has 1 heterocycles. The average Bonchev–Trinajstić information content (AvgIpc) is 3.10. The predicted octanol–water partition coefficient (Wildman–Crippen LogP) is 3.81. The van der Waals surface area contributed by atoms with Gasteiger partial charge in [0.2, 0.25) is 5.91 Å². The molecule has 5 nitrogen and oxygen atoms in total. The molecule has 27 heavy (non-hydrogen) atoms. The minimum Gasteiger partial charge on any atom is -0.497 e. The lowest BCUT2D eigenvalue weighted by Crippen LogP contribution is -2.27. The largest absolute Gasteiger partial charge is 0.497 e. The molecule has 1 atom stereocenters. The predicted molar refractivity (Wildman–Crippen MR) is 103 cm³/mol. The van der Waals surface area contributed by atoms with Gasteiger partial charge in [-0.25, -0.2) is 0 Å². The number of benzene rings is 3. The summed E-state index contributed by atoms with van der Waals surface area (Å²) in [7, 11) is 1.59. The summed E-state index contributed by atoms with van der Waals surface area (Å²) < 4.78 is 10.7. The zero-order valence-corrected chi connectivity index (χ0v) is 14.9. The zero-order chi connectivity index (χ0) is 18.8. The van der Waals surface area contributed by atoms with Gasteiger partial charge in [-0.1, -0.05) is 30.3 Å². The molecule has 0 unspecified atom stereocenters. The first-order valence-electron chi connectivity index (χ1n) is 8.79.